The predicted octanol–water partition coefficient (Wildman–Crippen LogP) is 1.70. The number of hydrogen-bond donors (Lipinski definition) is 0. The molecule has 0 spiro atoms. The zero-order chi connectivity index (χ0) is 18.2. The monoisotopic (exact) mass is 361 g/mol. The Morgan fingerprint density at radius 3 is 2.08 bits per heavy atom. The van der Waals surface area contributed by atoms with Crippen LogP contribution in [0.15, 0.2) is 24.3 Å². The lowest BCUT2D eigenvalue weighted by Crippen LogP contribution is -2.50. The number of nitrogens with zero attached hydrogens (tertiary/aromatic N) is 3. The van der Waals surface area contributed by atoms with Gasteiger partial charge in [0.15, 0.2) is 0 Å². The maximum absolute atomic E-state index is 12.2. The summed E-state index contributed by atoms with van der Waals surface area (Å²) < 4.78 is 11.3. The van der Waals surface area contributed by atoms with Gasteiger partial charge in [-0.05, 0) is 44.0 Å². The maximum Gasteiger partial charge on any atom is 0.236 e. The summed E-state index contributed by atoms with van der Waals surface area (Å²) in [7, 11) is 0. The molecule has 0 aliphatic carbocycles. The van der Waals surface area contributed by atoms with Crippen molar-refractivity contribution in [1.82, 2.24) is 14.7 Å². The molecule has 0 atom stereocenters. The Labute approximate surface area is 156 Å². The minimum absolute atomic E-state index is 0.301. The van der Waals surface area contributed by atoms with Crippen LogP contribution in [0.3, 0.4) is 0 Å². The Morgan fingerprint density at radius 2 is 1.46 bits per heavy atom. The topological polar surface area (TPSA) is 45.3 Å². The number of hydrogen-bond acceptors (Lipinski definition) is 5. The minimum atomic E-state index is 0.301. The maximum atomic E-state index is 12.2. The zero-order valence-corrected chi connectivity index (χ0v) is 15.9. The van der Waals surface area contributed by atoms with E-state index in [2.05, 4.69) is 9.80 Å². The quantitative estimate of drug-likeness (QED) is 0.705. The van der Waals surface area contributed by atoms with Crippen molar-refractivity contribution in [2.24, 2.45) is 0 Å². The molecule has 144 valence electrons. The first-order valence-electron chi connectivity index (χ1n) is 9.83. The average Bonchev–Trinajstić information content (AvgIpc) is 3.20. The zero-order valence-electron chi connectivity index (χ0n) is 15.9. The molecule has 2 fully saturated rings. The largest absolute Gasteiger partial charge is 0.494 e. The van der Waals surface area contributed by atoms with Gasteiger partial charge in [0, 0.05) is 45.8 Å². The van der Waals surface area contributed by atoms with Gasteiger partial charge in [-0.25, -0.2) is 0 Å². The lowest BCUT2D eigenvalue weighted by atomic mass is 10.3. The summed E-state index contributed by atoms with van der Waals surface area (Å²) in [5.41, 5.74) is 0. The normalized spacial score (nSPS) is 18.9. The number of carbonyl (C=O) groups is 1. The van der Waals surface area contributed by atoms with Crippen molar-refractivity contribution in [2.75, 3.05) is 65.6 Å². The smallest absolute Gasteiger partial charge is 0.236 e. The number of piperazine rings is 1. The summed E-state index contributed by atoms with van der Waals surface area (Å²) in [5, 5.41) is 0. The van der Waals surface area contributed by atoms with Crippen LogP contribution < -0.4 is 9.47 Å². The molecule has 2 aliphatic heterocycles. The van der Waals surface area contributed by atoms with Crippen LogP contribution in [0.4, 0.5) is 0 Å². The molecule has 1 amide bonds. The highest BCUT2D eigenvalue weighted by molar-refractivity contribution is 5.78. The van der Waals surface area contributed by atoms with Gasteiger partial charge in [0.1, 0.15) is 18.1 Å². The first kappa shape index (κ1) is 19.0. The molecule has 2 saturated heterocycles. The molecule has 6 nitrogen and oxygen atoms in total. The molecule has 3 rings (SSSR count). The molecule has 26 heavy (non-hydrogen) atoms. The van der Waals surface area contributed by atoms with Crippen LogP contribution in [0.25, 0.3) is 0 Å². The molecule has 0 unspecified atom stereocenters. The van der Waals surface area contributed by atoms with E-state index in [4.69, 9.17) is 9.47 Å². The molecular weight excluding hydrogens is 330 g/mol. The van der Waals surface area contributed by atoms with E-state index in [0.29, 0.717) is 25.7 Å². The Morgan fingerprint density at radius 1 is 0.885 bits per heavy atom. The van der Waals surface area contributed by atoms with Crippen molar-refractivity contribution in [2.45, 2.75) is 19.8 Å². The van der Waals surface area contributed by atoms with E-state index < -0.39 is 0 Å². The molecule has 6 heteroatoms. The summed E-state index contributed by atoms with van der Waals surface area (Å²) >= 11 is 0. The third-order valence-electron chi connectivity index (χ3n) is 5.09. The number of rotatable bonds is 8. The SMILES string of the molecule is CCOc1ccc(OCCN2CCN(CC(=O)N3CCCC3)CC2)cc1. The van der Waals surface area contributed by atoms with Gasteiger partial charge in [0.2, 0.25) is 5.91 Å². The molecule has 0 aromatic heterocycles. The van der Waals surface area contributed by atoms with Crippen LogP contribution in [0.5, 0.6) is 11.5 Å². The summed E-state index contributed by atoms with van der Waals surface area (Å²) in [4.78, 5) is 18.9. The molecule has 0 radical (unpaired) electrons. The lowest BCUT2D eigenvalue weighted by molar-refractivity contribution is -0.131. The first-order valence-corrected chi connectivity index (χ1v) is 9.83. The van der Waals surface area contributed by atoms with E-state index in [1.54, 1.807) is 0 Å². The van der Waals surface area contributed by atoms with Crippen molar-refractivity contribution < 1.29 is 14.3 Å². The highest BCUT2D eigenvalue weighted by Gasteiger charge is 2.23. The average molecular weight is 361 g/mol. The number of ether oxygens (including phenoxy) is 2. The standard InChI is InChI=1S/C20H31N3O3/c1-2-25-18-5-7-19(8-6-18)26-16-15-21-11-13-22(14-12-21)17-20(24)23-9-3-4-10-23/h5-8H,2-4,9-17H2,1H3. The predicted molar refractivity (Wildman–Crippen MR) is 102 cm³/mol. The van der Waals surface area contributed by atoms with Crippen molar-refractivity contribution in [3.63, 3.8) is 0 Å². The van der Waals surface area contributed by atoms with Crippen LogP contribution in [0.1, 0.15) is 19.8 Å². The third kappa shape index (κ3) is 5.61. The number of benzene rings is 1. The first-order chi connectivity index (χ1) is 12.7. The van der Waals surface area contributed by atoms with Crippen molar-refractivity contribution in [3.8, 4) is 11.5 Å². The minimum Gasteiger partial charge on any atom is -0.494 e. The summed E-state index contributed by atoms with van der Waals surface area (Å²) in [6.45, 7) is 10.6. The van der Waals surface area contributed by atoms with Crippen molar-refractivity contribution >= 4 is 5.91 Å². The molecule has 0 bridgehead atoms. The van der Waals surface area contributed by atoms with E-state index in [0.717, 1.165) is 70.2 Å². The fourth-order valence-corrected chi connectivity index (χ4v) is 3.52. The van der Waals surface area contributed by atoms with Gasteiger partial charge in [-0.3, -0.25) is 14.6 Å². The Kier molecular flexibility index (Phi) is 7.14. The number of amides is 1. The fourth-order valence-electron chi connectivity index (χ4n) is 3.52. The van der Waals surface area contributed by atoms with Gasteiger partial charge in [0.05, 0.1) is 13.2 Å². The van der Waals surface area contributed by atoms with Gasteiger partial charge in [0.25, 0.3) is 0 Å². The second-order valence-corrected chi connectivity index (χ2v) is 6.96. The van der Waals surface area contributed by atoms with E-state index in [9.17, 15) is 4.79 Å². The molecule has 2 aliphatic rings. The lowest BCUT2D eigenvalue weighted by Gasteiger charge is -2.34. The number of carbonyl (C=O) groups excluding carboxylic acids is 1. The third-order valence-corrected chi connectivity index (χ3v) is 5.09. The summed E-state index contributed by atoms with van der Waals surface area (Å²) in [5.74, 6) is 2.05. The van der Waals surface area contributed by atoms with Gasteiger partial charge < -0.3 is 14.4 Å². The highest BCUT2D eigenvalue weighted by atomic mass is 16.5. The number of likely N-dealkylation sites (tertiary alicyclic amines) is 1. The molecule has 1 aromatic carbocycles. The Hall–Kier alpha value is -1.79. The van der Waals surface area contributed by atoms with E-state index >= 15 is 0 Å². The molecular formula is C20H31N3O3. The van der Waals surface area contributed by atoms with Crippen LogP contribution in [0.2, 0.25) is 0 Å². The summed E-state index contributed by atoms with van der Waals surface area (Å²) in [6, 6.07) is 7.78. The summed E-state index contributed by atoms with van der Waals surface area (Å²) in [6.07, 6.45) is 2.32. The van der Waals surface area contributed by atoms with Crippen LogP contribution >= 0.6 is 0 Å². The molecule has 1 aromatic rings. The Bertz CT molecular complexity index is 550. The molecule has 0 N–H and O–H groups in total. The molecule has 0 saturated carbocycles. The molecule has 2 heterocycles. The van der Waals surface area contributed by atoms with Crippen LogP contribution in [-0.4, -0.2) is 86.2 Å². The van der Waals surface area contributed by atoms with Crippen molar-refractivity contribution in [3.05, 3.63) is 24.3 Å². The second-order valence-electron chi connectivity index (χ2n) is 6.96. The van der Waals surface area contributed by atoms with Crippen molar-refractivity contribution in [1.29, 1.82) is 0 Å². The fraction of sp³-hybridized carbons (Fsp3) is 0.650. The van der Waals surface area contributed by atoms with Gasteiger partial charge >= 0.3 is 0 Å². The van der Waals surface area contributed by atoms with Crippen LogP contribution in [-0.2, 0) is 4.79 Å². The second kappa shape index (κ2) is 9.78. The van der Waals surface area contributed by atoms with E-state index in [1.807, 2.05) is 36.1 Å². The van der Waals surface area contributed by atoms with Gasteiger partial charge in [-0.1, -0.05) is 0 Å². The van der Waals surface area contributed by atoms with E-state index in [1.165, 1.54) is 0 Å². The van der Waals surface area contributed by atoms with E-state index in [-0.39, 0.29) is 0 Å². The van der Waals surface area contributed by atoms with Gasteiger partial charge in [-0.15, -0.1) is 0 Å². The van der Waals surface area contributed by atoms with Gasteiger partial charge in [-0.2, -0.15) is 0 Å². The van der Waals surface area contributed by atoms with Crippen LogP contribution in [0, 0.1) is 0 Å². The Balaban J connectivity index is 1.30. The highest BCUT2D eigenvalue weighted by Crippen LogP contribution is 2.17.